The van der Waals surface area contributed by atoms with Gasteiger partial charge in [0.05, 0.1) is 25.6 Å². The molecule has 4 rings (SSSR count). The minimum absolute atomic E-state index is 0.00125. The molecular formula is C23H29N5O2. The van der Waals surface area contributed by atoms with Crippen LogP contribution in [0.2, 0.25) is 0 Å². The minimum atomic E-state index is -0.00125. The smallest absolute Gasteiger partial charge is 0.194 e. The lowest BCUT2D eigenvalue weighted by Gasteiger charge is -2.35. The summed E-state index contributed by atoms with van der Waals surface area (Å²) in [6.07, 6.45) is 7.34. The van der Waals surface area contributed by atoms with E-state index in [1.54, 1.807) is 6.26 Å². The van der Waals surface area contributed by atoms with E-state index in [1.807, 2.05) is 42.3 Å². The molecular weight excluding hydrogens is 378 g/mol. The Labute approximate surface area is 177 Å². The SMILES string of the molecule is Cn1cc(C2CN(C(=NCCc3ccco3)NCCc3ccccc3)CCO2)cn1. The quantitative estimate of drug-likeness (QED) is 0.482. The second-order valence-electron chi connectivity index (χ2n) is 7.45. The van der Waals surface area contributed by atoms with Gasteiger partial charge in [0.1, 0.15) is 11.9 Å². The lowest BCUT2D eigenvalue weighted by Crippen LogP contribution is -2.48. The first-order valence-electron chi connectivity index (χ1n) is 10.5. The molecule has 1 unspecified atom stereocenters. The number of guanidine groups is 1. The van der Waals surface area contributed by atoms with Gasteiger partial charge in [0, 0.05) is 44.9 Å². The van der Waals surface area contributed by atoms with Crippen LogP contribution in [0.5, 0.6) is 0 Å². The fourth-order valence-corrected chi connectivity index (χ4v) is 3.61. The first-order chi connectivity index (χ1) is 14.8. The molecule has 1 aliphatic rings. The van der Waals surface area contributed by atoms with Gasteiger partial charge in [-0.1, -0.05) is 30.3 Å². The summed E-state index contributed by atoms with van der Waals surface area (Å²) in [7, 11) is 1.93. The van der Waals surface area contributed by atoms with Gasteiger partial charge in [-0.25, -0.2) is 0 Å². The highest BCUT2D eigenvalue weighted by Crippen LogP contribution is 2.21. The highest BCUT2D eigenvalue weighted by atomic mass is 16.5. The van der Waals surface area contributed by atoms with E-state index in [0.717, 1.165) is 49.8 Å². The van der Waals surface area contributed by atoms with Crippen LogP contribution in [0, 0.1) is 0 Å². The van der Waals surface area contributed by atoms with Crippen molar-refractivity contribution < 1.29 is 9.15 Å². The topological polar surface area (TPSA) is 67.8 Å². The van der Waals surface area contributed by atoms with Gasteiger partial charge in [-0.05, 0) is 24.1 Å². The predicted octanol–water partition coefficient (Wildman–Crippen LogP) is 2.82. The Bertz CT molecular complexity index is 920. The summed E-state index contributed by atoms with van der Waals surface area (Å²) in [5.41, 5.74) is 2.41. The maximum Gasteiger partial charge on any atom is 0.194 e. The average Bonchev–Trinajstić information content (AvgIpc) is 3.45. The van der Waals surface area contributed by atoms with E-state index >= 15 is 0 Å². The standard InChI is InChI=1S/C23H29N5O2/c1-27-17-20(16-26-27)22-18-28(13-15-30-22)23(25-12-10-21-8-5-14-29-21)24-11-9-19-6-3-2-4-7-19/h2-8,14,16-17,22H,9-13,15,18H2,1H3,(H,24,25). The summed E-state index contributed by atoms with van der Waals surface area (Å²) in [6.45, 7) is 3.74. The molecule has 2 aromatic heterocycles. The molecule has 1 fully saturated rings. The van der Waals surface area contributed by atoms with Gasteiger partial charge in [0.15, 0.2) is 5.96 Å². The van der Waals surface area contributed by atoms with Crippen molar-refractivity contribution in [2.45, 2.75) is 18.9 Å². The minimum Gasteiger partial charge on any atom is -0.469 e. The molecule has 1 atom stereocenters. The van der Waals surface area contributed by atoms with E-state index < -0.39 is 0 Å². The lowest BCUT2D eigenvalue weighted by atomic mass is 10.1. The van der Waals surface area contributed by atoms with Crippen molar-refractivity contribution in [2.75, 3.05) is 32.8 Å². The van der Waals surface area contributed by atoms with Crippen LogP contribution in [0.3, 0.4) is 0 Å². The second kappa shape index (κ2) is 10.1. The first kappa shape index (κ1) is 20.2. The number of furan rings is 1. The van der Waals surface area contributed by atoms with Gasteiger partial charge in [0.2, 0.25) is 0 Å². The number of morpholine rings is 1. The highest BCUT2D eigenvalue weighted by molar-refractivity contribution is 5.80. The molecule has 1 aliphatic heterocycles. The summed E-state index contributed by atoms with van der Waals surface area (Å²) >= 11 is 0. The van der Waals surface area contributed by atoms with Gasteiger partial charge in [0.25, 0.3) is 0 Å². The monoisotopic (exact) mass is 407 g/mol. The molecule has 1 N–H and O–H groups in total. The van der Waals surface area contributed by atoms with Crippen LogP contribution in [0.4, 0.5) is 0 Å². The summed E-state index contributed by atoms with van der Waals surface area (Å²) in [5, 5.41) is 7.85. The molecule has 0 amide bonds. The maximum absolute atomic E-state index is 6.00. The van der Waals surface area contributed by atoms with E-state index in [9.17, 15) is 0 Å². The van der Waals surface area contributed by atoms with Gasteiger partial charge in [-0.2, -0.15) is 5.10 Å². The third-order valence-corrected chi connectivity index (χ3v) is 5.20. The van der Waals surface area contributed by atoms with E-state index in [1.165, 1.54) is 5.56 Å². The Morgan fingerprint density at radius 3 is 2.87 bits per heavy atom. The van der Waals surface area contributed by atoms with Crippen LogP contribution in [0.1, 0.15) is 23.0 Å². The number of nitrogens with one attached hydrogen (secondary N) is 1. The van der Waals surface area contributed by atoms with Gasteiger partial charge in [-0.15, -0.1) is 0 Å². The molecule has 0 aliphatic carbocycles. The van der Waals surface area contributed by atoms with Crippen LogP contribution in [0.15, 0.2) is 70.5 Å². The van der Waals surface area contributed by atoms with Gasteiger partial charge < -0.3 is 19.4 Å². The van der Waals surface area contributed by atoms with Crippen LogP contribution < -0.4 is 5.32 Å². The van der Waals surface area contributed by atoms with Crippen LogP contribution >= 0.6 is 0 Å². The number of nitrogens with zero attached hydrogens (tertiary/aromatic N) is 4. The van der Waals surface area contributed by atoms with Crippen molar-refractivity contribution in [2.24, 2.45) is 12.0 Å². The first-order valence-corrected chi connectivity index (χ1v) is 10.5. The molecule has 7 nitrogen and oxygen atoms in total. The van der Waals surface area contributed by atoms with Crippen LogP contribution in [-0.4, -0.2) is 53.4 Å². The molecule has 0 bridgehead atoms. The fourth-order valence-electron chi connectivity index (χ4n) is 3.61. The largest absolute Gasteiger partial charge is 0.469 e. The number of hydrogen-bond donors (Lipinski definition) is 1. The average molecular weight is 408 g/mol. The van der Waals surface area contributed by atoms with Crippen molar-refractivity contribution in [3.05, 3.63) is 78.0 Å². The van der Waals surface area contributed by atoms with Crippen molar-refractivity contribution in [3.8, 4) is 0 Å². The zero-order chi connectivity index (χ0) is 20.6. The Kier molecular flexibility index (Phi) is 6.82. The maximum atomic E-state index is 6.00. The molecule has 1 saturated heterocycles. The number of ether oxygens (including phenoxy) is 1. The molecule has 3 aromatic rings. The van der Waals surface area contributed by atoms with Gasteiger partial charge in [-0.3, -0.25) is 9.67 Å². The molecule has 0 spiro atoms. The van der Waals surface area contributed by atoms with Gasteiger partial charge >= 0.3 is 0 Å². The van der Waals surface area contributed by atoms with E-state index in [-0.39, 0.29) is 6.10 Å². The molecule has 3 heterocycles. The molecule has 0 saturated carbocycles. The predicted molar refractivity (Wildman–Crippen MR) is 116 cm³/mol. The molecule has 7 heteroatoms. The third-order valence-electron chi connectivity index (χ3n) is 5.20. The molecule has 158 valence electrons. The zero-order valence-electron chi connectivity index (χ0n) is 17.4. The third kappa shape index (κ3) is 5.51. The van der Waals surface area contributed by atoms with Crippen molar-refractivity contribution >= 4 is 5.96 Å². The number of benzene rings is 1. The zero-order valence-corrected chi connectivity index (χ0v) is 17.4. The van der Waals surface area contributed by atoms with E-state index in [0.29, 0.717) is 13.2 Å². The number of rotatable bonds is 7. The van der Waals surface area contributed by atoms with Crippen molar-refractivity contribution in [1.82, 2.24) is 20.0 Å². The number of hydrogen-bond acceptors (Lipinski definition) is 4. The number of aromatic nitrogens is 2. The fraction of sp³-hybridized carbons (Fsp3) is 0.391. The Morgan fingerprint density at radius 2 is 2.10 bits per heavy atom. The summed E-state index contributed by atoms with van der Waals surface area (Å²) < 4.78 is 13.3. The number of aryl methyl sites for hydroxylation is 1. The second-order valence-corrected chi connectivity index (χ2v) is 7.45. The van der Waals surface area contributed by atoms with Crippen LogP contribution in [0.25, 0.3) is 0 Å². The van der Waals surface area contributed by atoms with E-state index in [4.69, 9.17) is 14.1 Å². The normalized spacial score (nSPS) is 17.3. The van der Waals surface area contributed by atoms with Crippen molar-refractivity contribution in [3.63, 3.8) is 0 Å². The number of aliphatic imine (C=N–C) groups is 1. The summed E-state index contributed by atoms with van der Waals surface area (Å²) in [6, 6.07) is 14.4. The van der Waals surface area contributed by atoms with Crippen molar-refractivity contribution in [1.29, 1.82) is 0 Å². The Hall–Kier alpha value is -3.06. The molecule has 30 heavy (non-hydrogen) atoms. The molecule has 1 aromatic carbocycles. The summed E-state index contributed by atoms with van der Waals surface area (Å²) in [4.78, 5) is 7.17. The summed E-state index contributed by atoms with van der Waals surface area (Å²) in [5.74, 6) is 1.88. The molecule has 0 radical (unpaired) electrons. The highest BCUT2D eigenvalue weighted by Gasteiger charge is 2.25. The van der Waals surface area contributed by atoms with Crippen LogP contribution in [-0.2, 0) is 24.6 Å². The Morgan fingerprint density at radius 1 is 1.20 bits per heavy atom. The lowest BCUT2D eigenvalue weighted by molar-refractivity contribution is -0.00805. The Balaban J connectivity index is 1.41. The van der Waals surface area contributed by atoms with E-state index in [2.05, 4.69) is 39.6 Å².